The Hall–Kier alpha value is -3.22. The molecule has 0 bridgehead atoms. The third kappa shape index (κ3) is 2.78. The minimum Gasteiger partial charge on any atom is -0.508 e. The molecule has 1 heterocycles. The summed E-state index contributed by atoms with van der Waals surface area (Å²) in [5.74, 6) is -0.312. The average Bonchev–Trinajstić information content (AvgIpc) is 2.82. The molecular formula is C15H13N3O4. The number of rotatable bonds is 2. The van der Waals surface area contributed by atoms with Gasteiger partial charge in [0.25, 0.3) is 0 Å². The quantitative estimate of drug-likeness (QED) is 0.432. The fraction of sp³-hybridized carbons (Fsp3) is 0.0667. The number of hydrogen-bond donors (Lipinski definition) is 5. The van der Waals surface area contributed by atoms with E-state index in [4.69, 9.17) is 0 Å². The molecule has 1 aliphatic heterocycles. The largest absolute Gasteiger partial charge is 0.508 e. The molecule has 112 valence electrons. The third-order valence-corrected chi connectivity index (χ3v) is 3.22. The number of urea groups is 1. The van der Waals surface area contributed by atoms with Gasteiger partial charge >= 0.3 is 6.03 Å². The molecule has 7 heteroatoms. The summed E-state index contributed by atoms with van der Waals surface area (Å²) in [6.07, 6.45) is 0.278. The molecule has 0 unspecified atom stereocenters. The van der Waals surface area contributed by atoms with Crippen molar-refractivity contribution >= 4 is 29.0 Å². The first-order valence-electron chi connectivity index (χ1n) is 6.54. The SMILES string of the molecule is O=C1Cc2cc(NC(=O)Nc3cc(O)ccc3O)ccc2N1. The number of benzene rings is 2. The Balaban J connectivity index is 1.71. The van der Waals surface area contributed by atoms with Crippen LogP contribution in [-0.2, 0) is 11.2 Å². The van der Waals surface area contributed by atoms with Crippen LogP contribution in [0, 0.1) is 0 Å². The molecule has 0 radical (unpaired) electrons. The van der Waals surface area contributed by atoms with Crippen LogP contribution >= 0.6 is 0 Å². The van der Waals surface area contributed by atoms with Crippen LogP contribution in [0.1, 0.15) is 5.56 Å². The van der Waals surface area contributed by atoms with Crippen LogP contribution in [-0.4, -0.2) is 22.2 Å². The fourth-order valence-electron chi connectivity index (χ4n) is 2.22. The fourth-order valence-corrected chi connectivity index (χ4v) is 2.22. The van der Waals surface area contributed by atoms with Crippen LogP contribution in [0.25, 0.3) is 0 Å². The third-order valence-electron chi connectivity index (χ3n) is 3.22. The topological polar surface area (TPSA) is 111 Å². The van der Waals surface area contributed by atoms with E-state index in [0.717, 1.165) is 11.3 Å². The molecule has 7 nitrogen and oxygen atoms in total. The summed E-state index contributed by atoms with van der Waals surface area (Å²) in [6.45, 7) is 0. The van der Waals surface area contributed by atoms with Gasteiger partial charge in [0.05, 0.1) is 12.1 Å². The summed E-state index contributed by atoms with van der Waals surface area (Å²) in [5, 5.41) is 26.7. The zero-order valence-electron chi connectivity index (χ0n) is 11.4. The lowest BCUT2D eigenvalue weighted by Gasteiger charge is -2.10. The lowest BCUT2D eigenvalue weighted by Crippen LogP contribution is -2.19. The number of fused-ring (bicyclic) bond motifs is 1. The van der Waals surface area contributed by atoms with Crippen LogP contribution < -0.4 is 16.0 Å². The molecule has 22 heavy (non-hydrogen) atoms. The molecule has 0 aliphatic carbocycles. The van der Waals surface area contributed by atoms with Crippen molar-refractivity contribution < 1.29 is 19.8 Å². The molecule has 0 saturated heterocycles. The van der Waals surface area contributed by atoms with Crippen molar-refractivity contribution in [1.29, 1.82) is 0 Å². The molecule has 2 aromatic rings. The van der Waals surface area contributed by atoms with Crippen molar-refractivity contribution in [2.24, 2.45) is 0 Å². The van der Waals surface area contributed by atoms with Crippen LogP contribution in [0.3, 0.4) is 0 Å². The molecule has 5 N–H and O–H groups in total. The number of hydrogen-bond acceptors (Lipinski definition) is 4. The molecule has 3 amide bonds. The zero-order chi connectivity index (χ0) is 15.7. The predicted molar refractivity (Wildman–Crippen MR) is 81.2 cm³/mol. The molecule has 0 saturated carbocycles. The second kappa shape index (κ2) is 5.28. The minimum absolute atomic E-state index is 0.0739. The Morgan fingerprint density at radius 3 is 2.73 bits per heavy atom. The van der Waals surface area contributed by atoms with Crippen LogP contribution in [0.4, 0.5) is 21.9 Å². The van der Waals surface area contributed by atoms with Gasteiger partial charge in [0.2, 0.25) is 5.91 Å². The highest BCUT2D eigenvalue weighted by molar-refractivity contribution is 6.03. The second-order valence-electron chi connectivity index (χ2n) is 4.88. The number of anilines is 3. The predicted octanol–water partition coefficient (Wildman–Crippen LogP) is 2.24. The molecule has 2 aromatic carbocycles. The Labute approximate surface area is 125 Å². The van der Waals surface area contributed by atoms with Crippen LogP contribution in [0.15, 0.2) is 36.4 Å². The van der Waals surface area contributed by atoms with Crippen molar-refractivity contribution in [3.63, 3.8) is 0 Å². The van der Waals surface area contributed by atoms with E-state index in [1.807, 2.05) is 0 Å². The van der Waals surface area contributed by atoms with Gasteiger partial charge in [0.1, 0.15) is 11.5 Å². The van der Waals surface area contributed by atoms with E-state index in [9.17, 15) is 19.8 Å². The normalized spacial score (nSPS) is 12.5. The highest BCUT2D eigenvalue weighted by Crippen LogP contribution is 2.28. The Morgan fingerprint density at radius 2 is 1.91 bits per heavy atom. The number of phenols is 2. The van der Waals surface area contributed by atoms with E-state index in [1.54, 1.807) is 18.2 Å². The smallest absolute Gasteiger partial charge is 0.323 e. The van der Waals surface area contributed by atoms with Gasteiger partial charge in [-0.25, -0.2) is 4.79 Å². The maximum Gasteiger partial charge on any atom is 0.323 e. The summed E-state index contributed by atoms with van der Waals surface area (Å²) >= 11 is 0. The zero-order valence-corrected chi connectivity index (χ0v) is 11.4. The Kier molecular flexibility index (Phi) is 3.30. The Bertz CT molecular complexity index is 773. The van der Waals surface area contributed by atoms with E-state index in [1.165, 1.54) is 18.2 Å². The summed E-state index contributed by atoms with van der Waals surface area (Å²) in [6, 6.07) is 8.32. The summed E-state index contributed by atoms with van der Waals surface area (Å²) < 4.78 is 0. The monoisotopic (exact) mass is 299 g/mol. The van der Waals surface area contributed by atoms with Gasteiger partial charge in [-0.3, -0.25) is 4.79 Å². The van der Waals surface area contributed by atoms with Gasteiger partial charge < -0.3 is 26.2 Å². The molecule has 0 spiro atoms. The van der Waals surface area contributed by atoms with Crippen LogP contribution in [0.2, 0.25) is 0 Å². The Morgan fingerprint density at radius 1 is 1.09 bits per heavy atom. The number of amides is 3. The highest BCUT2D eigenvalue weighted by atomic mass is 16.3. The summed E-state index contributed by atoms with van der Waals surface area (Å²) in [7, 11) is 0. The molecule has 1 aliphatic rings. The van der Waals surface area contributed by atoms with E-state index < -0.39 is 6.03 Å². The van der Waals surface area contributed by atoms with E-state index in [-0.39, 0.29) is 29.5 Å². The first-order valence-corrected chi connectivity index (χ1v) is 6.54. The minimum atomic E-state index is -0.571. The second-order valence-corrected chi connectivity index (χ2v) is 4.88. The molecule has 3 rings (SSSR count). The first kappa shape index (κ1) is 13.7. The number of carbonyl (C=O) groups excluding carboxylic acids is 2. The highest BCUT2D eigenvalue weighted by Gasteiger charge is 2.18. The van der Waals surface area contributed by atoms with Gasteiger partial charge in [-0.15, -0.1) is 0 Å². The summed E-state index contributed by atoms with van der Waals surface area (Å²) in [4.78, 5) is 23.2. The maximum atomic E-state index is 11.9. The lowest BCUT2D eigenvalue weighted by atomic mass is 10.1. The van der Waals surface area contributed by atoms with Gasteiger partial charge in [0, 0.05) is 17.4 Å². The molecule has 0 aromatic heterocycles. The number of carbonyl (C=O) groups is 2. The van der Waals surface area contributed by atoms with Crippen molar-refractivity contribution in [2.75, 3.05) is 16.0 Å². The number of phenolic OH excluding ortho intramolecular Hbond substituents is 2. The van der Waals surface area contributed by atoms with Gasteiger partial charge in [0.15, 0.2) is 0 Å². The standard InChI is InChI=1S/C15H13N3O4/c19-10-2-4-13(20)12(7-10)18-15(22)16-9-1-3-11-8(5-9)6-14(21)17-11/h1-5,7,19-20H,6H2,(H,17,21)(H2,16,18,22). The van der Waals surface area contributed by atoms with Crippen molar-refractivity contribution in [3.8, 4) is 11.5 Å². The first-order chi connectivity index (χ1) is 10.5. The van der Waals surface area contributed by atoms with Crippen molar-refractivity contribution in [2.45, 2.75) is 6.42 Å². The number of aromatic hydroxyl groups is 2. The number of nitrogens with one attached hydrogen (secondary N) is 3. The van der Waals surface area contributed by atoms with E-state index in [2.05, 4.69) is 16.0 Å². The van der Waals surface area contributed by atoms with Crippen molar-refractivity contribution in [3.05, 3.63) is 42.0 Å². The molecule has 0 atom stereocenters. The van der Waals surface area contributed by atoms with Crippen molar-refractivity contribution in [1.82, 2.24) is 0 Å². The van der Waals surface area contributed by atoms with E-state index in [0.29, 0.717) is 5.69 Å². The van der Waals surface area contributed by atoms with E-state index >= 15 is 0 Å². The lowest BCUT2D eigenvalue weighted by molar-refractivity contribution is -0.115. The van der Waals surface area contributed by atoms with Gasteiger partial charge in [-0.1, -0.05) is 0 Å². The molecular weight excluding hydrogens is 286 g/mol. The van der Waals surface area contributed by atoms with Gasteiger partial charge in [-0.2, -0.15) is 0 Å². The van der Waals surface area contributed by atoms with Gasteiger partial charge in [-0.05, 0) is 35.9 Å². The average molecular weight is 299 g/mol. The maximum absolute atomic E-state index is 11.9. The van der Waals surface area contributed by atoms with Crippen LogP contribution in [0.5, 0.6) is 11.5 Å². The molecule has 0 fully saturated rings. The summed E-state index contributed by atoms with van der Waals surface area (Å²) in [5.41, 5.74) is 2.16.